The third-order valence-corrected chi connectivity index (χ3v) is 6.25. The standard InChI is InChI=1S/C20H27FN10O3/c1-11-6-22-17-16(23-15-10-30(26-18(15)34-3)12-4-5-28(2)7-12)25-19(27-31(11)17)29-8-13(21)14(9-29)24-20(32)33/h6,10,12-14,24H,4-5,7-9H2,1-3H3,(H,32,33)(H,23,25,27)/t12?,13-,14-/m0/s1. The minimum absolute atomic E-state index is 0.0277. The number of ether oxygens (including phenoxy) is 1. The number of alkyl halides is 1. The Labute approximate surface area is 194 Å². The van der Waals surface area contributed by atoms with Crippen LogP contribution in [0.25, 0.3) is 5.65 Å². The second kappa shape index (κ2) is 8.59. The number of nitrogens with zero attached hydrogens (tertiary/aromatic N) is 8. The average Bonchev–Trinajstić information content (AvgIpc) is 3.56. The number of nitrogens with one attached hydrogen (secondary N) is 2. The molecule has 3 atom stereocenters. The van der Waals surface area contributed by atoms with Gasteiger partial charge in [0.25, 0.3) is 5.88 Å². The molecule has 5 heterocycles. The summed E-state index contributed by atoms with van der Waals surface area (Å²) in [5.41, 5.74) is 1.89. The van der Waals surface area contributed by atoms with E-state index in [0.717, 1.165) is 25.2 Å². The molecule has 13 nitrogen and oxygen atoms in total. The van der Waals surface area contributed by atoms with Gasteiger partial charge in [-0.25, -0.2) is 18.7 Å². The highest BCUT2D eigenvalue weighted by atomic mass is 19.1. The summed E-state index contributed by atoms with van der Waals surface area (Å²) in [5, 5.41) is 23.6. The van der Waals surface area contributed by atoms with Crippen LogP contribution in [-0.4, -0.2) is 98.0 Å². The molecule has 182 valence electrons. The van der Waals surface area contributed by atoms with Crippen LogP contribution >= 0.6 is 0 Å². The Kier molecular flexibility index (Phi) is 5.59. The van der Waals surface area contributed by atoms with E-state index in [0.29, 0.717) is 23.0 Å². The van der Waals surface area contributed by atoms with Gasteiger partial charge in [-0.2, -0.15) is 4.98 Å². The summed E-state index contributed by atoms with van der Waals surface area (Å²) >= 11 is 0. The normalized spacial score (nSPS) is 23.1. The van der Waals surface area contributed by atoms with E-state index in [1.54, 1.807) is 22.7 Å². The molecule has 3 aromatic rings. The number of aryl methyl sites for hydroxylation is 1. The molecule has 1 amide bonds. The van der Waals surface area contributed by atoms with Gasteiger partial charge in [-0.05, 0) is 26.9 Å². The third kappa shape index (κ3) is 4.04. The molecule has 2 aliphatic heterocycles. The molecule has 2 fully saturated rings. The first-order valence-corrected chi connectivity index (χ1v) is 11.0. The number of anilines is 3. The summed E-state index contributed by atoms with van der Waals surface area (Å²) in [6, 6.07) is -0.617. The lowest BCUT2D eigenvalue weighted by atomic mass is 10.2. The number of rotatable bonds is 6. The molecule has 3 aromatic heterocycles. The topological polar surface area (TPSA) is 138 Å². The Balaban J connectivity index is 1.47. The van der Waals surface area contributed by atoms with Gasteiger partial charge < -0.3 is 30.3 Å². The highest BCUT2D eigenvalue weighted by Gasteiger charge is 2.36. The number of likely N-dealkylation sites (tertiary alicyclic amines) is 1. The molecule has 2 aliphatic rings. The first kappa shape index (κ1) is 22.1. The number of halogens is 1. The quantitative estimate of drug-likeness (QED) is 0.475. The molecule has 2 saturated heterocycles. The van der Waals surface area contributed by atoms with Gasteiger partial charge in [0.15, 0.2) is 11.5 Å². The lowest BCUT2D eigenvalue weighted by Gasteiger charge is -2.17. The third-order valence-electron chi connectivity index (χ3n) is 6.25. The summed E-state index contributed by atoms with van der Waals surface area (Å²) < 4.78 is 23.5. The number of carbonyl (C=O) groups is 1. The van der Waals surface area contributed by atoms with E-state index >= 15 is 0 Å². The fraction of sp³-hybridized carbons (Fsp3) is 0.550. The van der Waals surface area contributed by atoms with Crippen molar-refractivity contribution in [3.05, 3.63) is 18.1 Å². The zero-order valence-corrected chi connectivity index (χ0v) is 19.1. The summed E-state index contributed by atoms with van der Waals surface area (Å²) in [4.78, 5) is 23.9. The van der Waals surface area contributed by atoms with E-state index in [4.69, 9.17) is 9.84 Å². The minimum Gasteiger partial charge on any atom is -0.478 e. The molecule has 0 saturated carbocycles. The smallest absolute Gasteiger partial charge is 0.405 e. The molecule has 1 unspecified atom stereocenters. The Hall–Kier alpha value is -3.68. The second-order valence-corrected chi connectivity index (χ2v) is 8.73. The number of carboxylic acid groups (broad SMARTS) is 1. The van der Waals surface area contributed by atoms with Crippen LogP contribution < -0.4 is 20.3 Å². The number of aromatic nitrogens is 6. The van der Waals surface area contributed by atoms with Crippen LogP contribution in [0.2, 0.25) is 0 Å². The Morgan fingerprint density at radius 3 is 2.82 bits per heavy atom. The number of methoxy groups -OCH3 is 1. The monoisotopic (exact) mass is 474 g/mol. The lowest BCUT2D eigenvalue weighted by molar-refractivity contribution is 0.183. The van der Waals surface area contributed by atoms with Crippen LogP contribution in [0, 0.1) is 6.92 Å². The fourth-order valence-electron chi connectivity index (χ4n) is 4.47. The Morgan fingerprint density at radius 2 is 2.12 bits per heavy atom. The van der Waals surface area contributed by atoms with Crippen molar-refractivity contribution in [1.82, 2.24) is 39.6 Å². The number of imidazole rings is 1. The molecule has 5 rings (SSSR count). The van der Waals surface area contributed by atoms with Crippen molar-refractivity contribution in [2.45, 2.75) is 31.6 Å². The minimum atomic E-state index is -1.38. The Morgan fingerprint density at radius 1 is 1.29 bits per heavy atom. The molecular weight excluding hydrogens is 447 g/mol. The maximum Gasteiger partial charge on any atom is 0.405 e. The van der Waals surface area contributed by atoms with Crippen LogP contribution in [0.4, 0.5) is 26.6 Å². The van der Waals surface area contributed by atoms with E-state index in [9.17, 15) is 9.18 Å². The summed E-state index contributed by atoms with van der Waals surface area (Å²) in [6.45, 7) is 3.84. The van der Waals surface area contributed by atoms with Crippen molar-refractivity contribution in [2.24, 2.45) is 0 Å². The Bertz CT molecular complexity index is 1210. The first-order chi connectivity index (χ1) is 16.3. The van der Waals surface area contributed by atoms with Crippen molar-refractivity contribution in [3.8, 4) is 5.88 Å². The average molecular weight is 475 g/mol. The number of hydrogen-bond acceptors (Lipinski definition) is 9. The maximum atomic E-state index is 14.5. The predicted octanol–water partition coefficient (Wildman–Crippen LogP) is 1.05. The van der Waals surface area contributed by atoms with E-state index in [2.05, 4.69) is 42.7 Å². The number of hydrogen-bond donors (Lipinski definition) is 3. The number of amides is 1. The van der Waals surface area contributed by atoms with Crippen LogP contribution in [0.5, 0.6) is 5.88 Å². The van der Waals surface area contributed by atoms with Gasteiger partial charge in [-0.15, -0.1) is 10.2 Å². The van der Waals surface area contributed by atoms with Gasteiger partial charge in [0.2, 0.25) is 5.95 Å². The van der Waals surface area contributed by atoms with Crippen molar-refractivity contribution < 1.29 is 19.0 Å². The lowest BCUT2D eigenvalue weighted by Crippen LogP contribution is -2.40. The molecular formula is C20H27FN10O3. The molecule has 14 heteroatoms. The predicted molar refractivity (Wildman–Crippen MR) is 121 cm³/mol. The highest BCUT2D eigenvalue weighted by molar-refractivity contribution is 5.73. The van der Waals surface area contributed by atoms with E-state index < -0.39 is 18.3 Å². The molecule has 34 heavy (non-hydrogen) atoms. The fourth-order valence-corrected chi connectivity index (χ4v) is 4.47. The summed E-state index contributed by atoms with van der Waals surface area (Å²) in [5.74, 6) is 1.09. The van der Waals surface area contributed by atoms with Crippen LogP contribution in [0.1, 0.15) is 18.2 Å². The number of likely N-dealkylation sites (N-methyl/N-ethyl adjacent to an activating group) is 1. The zero-order chi connectivity index (χ0) is 24.0. The maximum absolute atomic E-state index is 14.5. The highest BCUT2D eigenvalue weighted by Crippen LogP contribution is 2.31. The summed E-state index contributed by atoms with van der Waals surface area (Å²) in [7, 11) is 3.64. The van der Waals surface area contributed by atoms with Crippen molar-refractivity contribution in [3.63, 3.8) is 0 Å². The molecule has 0 aliphatic carbocycles. The van der Waals surface area contributed by atoms with Gasteiger partial charge in [-0.3, -0.25) is 4.68 Å². The van der Waals surface area contributed by atoms with Crippen LogP contribution in [0.3, 0.4) is 0 Å². The van der Waals surface area contributed by atoms with Gasteiger partial charge in [-0.1, -0.05) is 0 Å². The van der Waals surface area contributed by atoms with Crippen molar-refractivity contribution >= 4 is 29.2 Å². The molecule has 0 bridgehead atoms. The van der Waals surface area contributed by atoms with E-state index in [-0.39, 0.29) is 25.1 Å². The first-order valence-electron chi connectivity index (χ1n) is 11.0. The summed E-state index contributed by atoms with van der Waals surface area (Å²) in [6.07, 6.45) is 1.91. The van der Waals surface area contributed by atoms with Gasteiger partial charge in [0, 0.05) is 13.1 Å². The van der Waals surface area contributed by atoms with Crippen LogP contribution in [-0.2, 0) is 0 Å². The largest absolute Gasteiger partial charge is 0.478 e. The van der Waals surface area contributed by atoms with E-state index in [1.165, 1.54) is 0 Å². The van der Waals surface area contributed by atoms with Gasteiger partial charge in [0.05, 0.1) is 43.8 Å². The second-order valence-electron chi connectivity index (χ2n) is 8.73. The molecule has 3 N–H and O–H groups in total. The number of fused-ring (bicyclic) bond motifs is 1. The van der Waals surface area contributed by atoms with E-state index in [1.807, 2.05) is 17.8 Å². The molecule has 0 radical (unpaired) electrons. The molecule has 0 aromatic carbocycles. The SMILES string of the molecule is COc1nn(C2CCN(C)C2)cc1Nc1nc(N2C[C@H](NC(=O)O)[C@@H](F)C2)nn2c(C)cnc12. The van der Waals surface area contributed by atoms with Crippen molar-refractivity contribution in [1.29, 1.82) is 0 Å². The molecule has 0 spiro atoms. The van der Waals surface area contributed by atoms with Crippen molar-refractivity contribution in [2.75, 3.05) is 50.6 Å². The zero-order valence-electron chi connectivity index (χ0n) is 19.1. The van der Waals surface area contributed by atoms with Gasteiger partial charge >= 0.3 is 6.09 Å². The van der Waals surface area contributed by atoms with Crippen LogP contribution in [0.15, 0.2) is 12.4 Å². The van der Waals surface area contributed by atoms with Gasteiger partial charge in [0.1, 0.15) is 11.9 Å².